The Morgan fingerprint density at radius 3 is 2.66 bits per heavy atom. The second-order valence-corrected chi connectivity index (χ2v) is 11.8. The number of carbonyl (C=O) groups is 1. The molecule has 1 atom stereocenters. The summed E-state index contributed by atoms with van der Waals surface area (Å²) in [5.74, 6) is 1.51. The van der Waals surface area contributed by atoms with E-state index in [0.717, 1.165) is 41.9 Å². The predicted octanol–water partition coefficient (Wildman–Crippen LogP) is 4.92. The van der Waals surface area contributed by atoms with E-state index in [-0.39, 0.29) is 12.2 Å². The SMILES string of the molecule is CCOC(=O)C1=C(C)N=c2s/c(=C/c3cc(Br)c(N4CCCCC4)o3)c(=O)n2[C@@H]1c1ccc(OC)c(Br)c1. The highest BCUT2D eigenvalue weighted by molar-refractivity contribution is 9.11. The van der Waals surface area contributed by atoms with Gasteiger partial charge < -0.3 is 18.8 Å². The van der Waals surface area contributed by atoms with Gasteiger partial charge in [0.25, 0.3) is 5.56 Å². The van der Waals surface area contributed by atoms with Crippen LogP contribution in [-0.2, 0) is 9.53 Å². The van der Waals surface area contributed by atoms with E-state index in [1.54, 1.807) is 37.7 Å². The van der Waals surface area contributed by atoms with E-state index in [1.165, 1.54) is 17.8 Å². The molecule has 2 aromatic heterocycles. The molecule has 0 spiro atoms. The number of fused-ring (bicyclic) bond motifs is 1. The lowest BCUT2D eigenvalue weighted by Crippen LogP contribution is -2.39. The Bertz CT molecular complexity index is 1600. The summed E-state index contributed by atoms with van der Waals surface area (Å²) in [5, 5.41) is 0. The Morgan fingerprint density at radius 1 is 1.21 bits per heavy atom. The molecule has 2 aliphatic heterocycles. The third-order valence-corrected chi connectivity index (χ3v) is 8.78. The van der Waals surface area contributed by atoms with Crippen LogP contribution < -0.4 is 24.5 Å². The molecule has 1 saturated heterocycles. The molecule has 0 radical (unpaired) electrons. The van der Waals surface area contributed by atoms with E-state index in [0.29, 0.717) is 36.6 Å². The Morgan fingerprint density at radius 2 is 1.97 bits per heavy atom. The molecule has 2 aliphatic rings. The van der Waals surface area contributed by atoms with Crippen molar-refractivity contribution in [2.75, 3.05) is 31.7 Å². The van der Waals surface area contributed by atoms with Crippen molar-refractivity contribution < 1.29 is 18.7 Å². The van der Waals surface area contributed by atoms with Gasteiger partial charge in [-0.25, -0.2) is 9.79 Å². The lowest BCUT2D eigenvalue weighted by atomic mass is 9.96. The Kier molecular flexibility index (Phi) is 7.97. The molecule has 0 aliphatic carbocycles. The van der Waals surface area contributed by atoms with Gasteiger partial charge in [-0.05, 0) is 82.7 Å². The van der Waals surface area contributed by atoms with Gasteiger partial charge in [-0.3, -0.25) is 9.36 Å². The largest absolute Gasteiger partial charge is 0.496 e. The molecular formula is C27H27Br2N3O5S. The number of nitrogens with zero attached hydrogens (tertiary/aromatic N) is 3. The third-order valence-electron chi connectivity index (χ3n) is 6.61. The van der Waals surface area contributed by atoms with Gasteiger partial charge in [-0.1, -0.05) is 17.4 Å². The van der Waals surface area contributed by atoms with Gasteiger partial charge in [0.05, 0.1) is 44.5 Å². The van der Waals surface area contributed by atoms with E-state index < -0.39 is 12.0 Å². The van der Waals surface area contributed by atoms with Gasteiger partial charge in [0.2, 0.25) is 5.88 Å². The second kappa shape index (κ2) is 11.2. The fraction of sp³-hybridized carbons (Fsp3) is 0.370. The van der Waals surface area contributed by atoms with Crippen LogP contribution >= 0.6 is 43.2 Å². The molecule has 3 aromatic rings. The number of piperidine rings is 1. The summed E-state index contributed by atoms with van der Waals surface area (Å²) in [5.41, 5.74) is 1.32. The molecule has 0 bridgehead atoms. The van der Waals surface area contributed by atoms with Gasteiger partial charge in [-0.15, -0.1) is 0 Å². The normalized spacial score (nSPS) is 17.9. The zero-order chi connectivity index (χ0) is 27.0. The first kappa shape index (κ1) is 27.0. The number of thiazole rings is 1. The zero-order valence-corrected chi connectivity index (χ0v) is 25.2. The number of hydrogen-bond donors (Lipinski definition) is 0. The Labute approximate surface area is 240 Å². The van der Waals surface area contributed by atoms with Crippen molar-refractivity contribution in [2.24, 2.45) is 4.99 Å². The van der Waals surface area contributed by atoms with Crippen molar-refractivity contribution in [3.05, 3.63) is 75.5 Å². The monoisotopic (exact) mass is 663 g/mol. The number of benzene rings is 1. The fourth-order valence-electron chi connectivity index (χ4n) is 4.85. The molecule has 11 heteroatoms. The number of carbonyl (C=O) groups excluding carboxylic acids is 1. The molecule has 4 heterocycles. The highest BCUT2D eigenvalue weighted by Gasteiger charge is 2.33. The van der Waals surface area contributed by atoms with Crippen LogP contribution in [0.2, 0.25) is 0 Å². The van der Waals surface area contributed by atoms with E-state index >= 15 is 0 Å². The van der Waals surface area contributed by atoms with Crippen LogP contribution in [0, 0.1) is 0 Å². The smallest absolute Gasteiger partial charge is 0.338 e. The molecular weight excluding hydrogens is 638 g/mol. The fourth-order valence-corrected chi connectivity index (χ4v) is 6.99. The maximum Gasteiger partial charge on any atom is 0.338 e. The van der Waals surface area contributed by atoms with Crippen molar-refractivity contribution in [1.29, 1.82) is 0 Å². The summed E-state index contributed by atoms with van der Waals surface area (Å²) in [4.78, 5) is 34.3. The topological polar surface area (TPSA) is 86.3 Å². The Hall–Kier alpha value is -2.63. The number of rotatable bonds is 6. The van der Waals surface area contributed by atoms with Gasteiger partial charge >= 0.3 is 5.97 Å². The van der Waals surface area contributed by atoms with E-state index in [2.05, 4.69) is 41.8 Å². The summed E-state index contributed by atoms with van der Waals surface area (Å²) in [6, 6.07) is 6.68. The number of hydrogen-bond acceptors (Lipinski definition) is 8. The van der Waals surface area contributed by atoms with Crippen LogP contribution in [0.15, 0.2) is 58.7 Å². The summed E-state index contributed by atoms with van der Waals surface area (Å²) < 4.78 is 20.5. The molecule has 5 rings (SSSR count). The zero-order valence-electron chi connectivity index (χ0n) is 21.3. The first-order valence-electron chi connectivity index (χ1n) is 12.4. The van der Waals surface area contributed by atoms with Gasteiger partial charge in [-0.2, -0.15) is 0 Å². The van der Waals surface area contributed by atoms with E-state index in [1.807, 2.05) is 18.2 Å². The number of furan rings is 1. The quantitative estimate of drug-likeness (QED) is 0.348. The lowest BCUT2D eigenvalue weighted by Gasteiger charge is -2.26. The molecule has 0 N–H and O–H groups in total. The standard InChI is InChI=1S/C27H27Br2N3O5S/c1-4-36-26(34)22-15(2)30-27-32(23(22)16-8-9-20(35-3)18(28)12-16)24(33)21(38-27)14-17-13-19(29)25(37-17)31-10-6-5-7-11-31/h8-9,12-14,23H,4-7,10-11H2,1-3H3/b21-14+/t23-/m1/s1. The first-order valence-corrected chi connectivity index (χ1v) is 14.8. The maximum absolute atomic E-state index is 13.8. The van der Waals surface area contributed by atoms with E-state index in [4.69, 9.17) is 13.9 Å². The highest BCUT2D eigenvalue weighted by Crippen LogP contribution is 2.35. The number of ether oxygens (including phenoxy) is 2. The minimum absolute atomic E-state index is 0.214. The van der Waals surface area contributed by atoms with Crippen molar-refractivity contribution in [1.82, 2.24) is 4.57 Å². The number of halogens is 2. The molecule has 8 nitrogen and oxygen atoms in total. The summed E-state index contributed by atoms with van der Waals surface area (Å²) >= 11 is 8.42. The van der Waals surface area contributed by atoms with Gasteiger partial charge in [0.1, 0.15) is 11.5 Å². The molecule has 38 heavy (non-hydrogen) atoms. The number of allylic oxidation sites excluding steroid dienone is 1. The average Bonchev–Trinajstić information content (AvgIpc) is 3.42. The maximum atomic E-state index is 13.8. The van der Waals surface area contributed by atoms with Crippen LogP contribution in [0.3, 0.4) is 0 Å². The molecule has 0 amide bonds. The van der Waals surface area contributed by atoms with Crippen LogP contribution in [0.25, 0.3) is 6.08 Å². The minimum atomic E-state index is -0.707. The third kappa shape index (κ3) is 5.03. The van der Waals surface area contributed by atoms with Crippen molar-refractivity contribution in [3.63, 3.8) is 0 Å². The van der Waals surface area contributed by atoms with Gasteiger partial charge in [0.15, 0.2) is 4.80 Å². The van der Waals surface area contributed by atoms with E-state index in [9.17, 15) is 9.59 Å². The van der Waals surface area contributed by atoms with Crippen LogP contribution in [0.5, 0.6) is 5.75 Å². The summed E-state index contributed by atoms with van der Waals surface area (Å²) in [6.07, 6.45) is 5.23. The van der Waals surface area contributed by atoms with Crippen LogP contribution in [-0.4, -0.2) is 37.3 Å². The number of methoxy groups -OCH3 is 1. The molecule has 0 saturated carbocycles. The summed E-state index contributed by atoms with van der Waals surface area (Å²) in [7, 11) is 1.58. The Balaban J connectivity index is 1.64. The lowest BCUT2D eigenvalue weighted by molar-refractivity contribution is -0.139. The second-order valence-electron chi connectivity index (χ2n) is 9.05. The minimum Gasteiger partial charge on any atom is -0.496 e. The number of aromatic nitrogens is 1. The first-order chi connectivity index (χ1) is 18.3. The molecule has 1 aromatic carbocycles. The molecule has 1 fully saturated rings. The van der Waals surface area contributed by atoms with Crippen molar-refractivity contribution >= 4 is 61.1 Å². The number of esters is 1. The average molecular weight is 665 g/mol. The van der Waals surface area contributed by atoms with Gasteiger partial charge in [0, 0.05) is 25.2 Å². The van der Waals surface area contributed by atoms with Crippen LogP contribution in [0.1, 0.15) is 50.5 Å². The molecule has 200 valence electrons. The predicted molar refractivity (Wildman–Crippen MR) is 154 cm³/mol. The van der Waals surface area contributed by atoms with Crippen molar-refractivity contribution in [3.8, 4) is 5.75 Å². The molecule has 0 unspecified atom stereocenters. The highest BCUT2D eigenvalue weighted by atomic mass is 79.9. The summed E-state index contributed by atoms with van der Waals surface area (Å²) in [6.45, 7) is 5.62. The van der Waals surface area contributed by atoms with Crippen LogP contribution in [0.4, 0.5) is 5.88 Å². The number of anilines is 1. The van der Waals surface area contributed by atoms with Crippen molar-refractivity contribution in [2.45, 2.75) is 39.2 Å².